The number of hydrogen-bond donors (Lipinski definition) is 0. The molecule has 0 aliphatic heterocycles. The van der Waals surface area contributed by atoms with Gasteiger partial charge in [-0.25, -0.2) is 0 Å². The van der Waals surface area contributed by atoms with Crippen LogP contribution in [0.1, 0.15) is 51.9 Å². The van der Waals surface area contributed by atoms with Crippen molar-refractivity contribution < 1.29 is 4.74 Å². The van der Waals surface area contributed by atoms with Crippen LogP contribution < -0.4 is 0 Å². The van der Waals surface area contributed by atoms with Crippen LogP contribution in [0.2, 0.25) is 0 Å². The van der Waals surface area contributed by atoms with E-state index >= 15 is 0 Å². The highest BCUT2D eigenvalue weighted by atomic mass is 16.5. The van der Waals surface area contributed by atoms with E-state index in [1.165, 1.54) is 38.5 Å². The molecule has 1 nitrogen and oxygen atoms in total. The van der Waals surface area contributed by atoms with E-state index in [1.807, 2.05) is 6.61 Å². The van der Waals surface area contributed by atoms with Crippen LogP contribution in [-0.4, -0.2) is 6.10 Å². The summed E-state index contributed by atoms with van der Waals surface area (Å²) in [5.74, 6) is 0. The van der Waals surface area contributed by atoms with Crippen molar-refractivity contribution in [2.75, 3.05) is 0 Å². The van der Waals surface area contributed by atoms with Gasteiger partial charge in [-0.2, -0.15) is 0 Å². The Labute approximate surface area is 70.1 Å². The highest BCUT2D eigenvalue weighted by Crippen LogP contribution is 2.20. The van der Waals surface area contributed by atoms with Gasteiger partial charge in [0.2, 0.25) is 0 Å². The number of rotatable bonds is 3. The molecule has 0 unspecified atom stereocenters. The zero-order valence-corrected chi connectivity index (χ0v) is 7.51. The third-order valence-corrected chi connectivity index (χ3v) is 2.26. The van der Waals surface area contributed by atoms with Crippen molar-refractivity contribution in [1.29, 1.82) is 0 Å². The van der Waals surface area contributed by atoms with Crippen LogP contribution >= 0.6 is 0 Å². The smallest absolute Gasteiger partial charge is 0.0837 e. The van der Waals surface area contributed by atoms with E-state index in [-0.39, 0.29) is 0 Å². The maximum atomic E-state index is 5.59. The van der Waals surface area contributed by atoms with Crippen LogP contribution in [0, 0.1) is 6.61 Å². The normalized spacial score (nSPS) is 21.5. The largest absolute Gasteiger partial charge is 0.372 e. The highest BCUT2D eigenvalue weighted by Gasteiger charge is 2.11. The van der Waals surface area contributed by atoms with E-state index in [4.69, 9.17) is 4.74 Å². The van der Waals surface area contributed by atoms with E-state index in [0.29, 0.717) is 6.10 Å². The summed E-state index contributed by atoms with van der Waals surface area (Å²) in [5.41, 5.74) is 0. The molecular weight excluding hydrogens is 136 g/mol. The SMILES string of the molecule is CC[CH]OC1CCCCCC1. The van der Waals surface area contributed by atoms with Gasteiger partial charge in [0.25, 0.3) is 0 Å². The Bertz CT molecular complexity index is 82.9. The molecule has 0 saturated heterocycles. The maximum absolute atomic E-state index is 5.59. The van der Waals surface area contributed by atoms with E-state index in [2.05, 4.69) is 6.92 Å². The van der Waals surface area contributed by atoms with Crippen LogP contribution in [0.4, 0.5) is 0 Å². The lowest BCUT2D eigenvalue weighted by atomic mass is 10.1. The summed E-state index contributed by atoms with van der Waals surface area (Å²) >= 11 is 0. The summed E-state index contributed by atoms with van der Waals surface area (Å²) in [7, 11) is 0. The quantitative estimate of drug-likeness (QED) is 0.568. The molecule has 1 radical (unpaired) electrons. The fourth-order valence-corrected chi connectivity index (χ4v) is 1.61. The summed E-state index contributed by atoms with van der Waals surface area (Å²) in [6.45, 7) is 4.08. The van der Waals surface area contributed by atoms with Crippen molar-refractivity contribution in [2.45, 2.75) is 58.0 Å². The molecule has 1 rings (SSSR count). The van der Waals surface area contributed by atoms with Crippen LogP contribution in [-0.2, 0) is 4.74 Å². The molecule has 65 valence electrons. The van der Waals surface area contributed by atoms with Crippen molar-refractivity contribution in [3.8, 4) is 0 Å². The van der Waals surface area contributed by atoms with Gasteiger partial charge in [-0.3, -0.25) is 0 Å². The lowest BCUT2D eigenvalue weighted by Gasteiger charge is -2.13. The van der Waals surface area contributed by atoms with E-state index in [0.717, 1.165) is 6.42 Å². The first-order chi connectivity index (χ1) is 5.43. The molecule has 0 N–H and O–H groups in total. The highest BCUT2D eigenvalue weighted by molar-refractivity contribution is 4.65. The van der Waals surface area contributed by atoms with Gasteiger partial charge in [0.15, 0.2) is 0 Å². The molecule has 1 fully saturated rings. The Kier molecular flexibility index (Phi) is 4.60. The van der Waals surface area contributed by atoms with Gasteiger partial charge in [0.1, 0.15) is 0 Å². The first-order valence-corrected chi connectivity index (χ1v) is 4.90. The molecule has 1 aliphatic rings. The topological polar surface area (TPSA) is 9.23 Å². The second-order valence-electron chi connectivity index (χ2n) is 3.32. The van der Waals surface area contributed by atoms with Gasteiger partial charge in [-0.15, -0.1) is 0 Å². The van der Waals surface area contributed by atoms with Crippen molar-refractivity contribution >= 4 is 0 Å². The summed E-state index contributed by atoms with van der Waals surface area (Å²) in [6.07, 6.45) is 9.67. The number of hydrogen-bond acceptors (Lipinski definition) is 1. The minimum Gasteiger partial charge on any atom is -0.372 e. The molecule has 1 heteroatoms. The zero-order valence-electron chi connectivity index (χ0n) is 7.51. The van der Waals surface area contributed by atoms with Gasteiger partial charge >= 0.3 is 0 Å². The molecule has 0 bridgehead atoms. The van der Waals surface area contributed by atoms with Gasteiger partial charge in [0, 0.05) is 0 Å². The fourth-order valence-electron chi connectivity index (χ4n) is 1.61. The average Bonchev–Trinajstić information content (AvgIpc) is 2.28. The monoisotopic (exact) mass is 155 g/mol. The van der Waals surface area contributed by atoms with Gasteiger partial charge in [-0.1, -0.05) is 32.6 Å². The molecule has 0 aromatic rings. The Hall–Kier alpha value is -0.0400. The second-order valence-corrected chi connectivity index (χ2v) is 3.32. The van der Waals surface area contributed by atoms with Crippen LogP contribution in [0.25, 0.3) is 0 Å². The lowest BCUT2D eigenvalue weighted by Crippen LogP contribution is -2.09. The van der Waals surface area contributed by atoms with Crippen molar-refractivity contribution in [2.24, 2.45) is 0 Å². The van der Waals surface area contributed by atoms with E-state index in [1.54, 1.807) is 0 Å². The molecule has 0 aromatic carbocycles. The Morgan fingerprint density at radius 2 is 1.82 bits per heavy atom. The maximum Gasteiger partial charge on any atom is 0.0837 e. The van der Waals surface area contributed by atoms with Crippen LogP contribution in [0.3, 0.4) is 0 Å². The van der Waals surface area contributed by atoms with E-state index in [9.17, 15) is 0 Å². The molecule has 1 aliphatic carbocycles. The minimum atomic E-state index is 0.539. The molecule has 0 heterocycles. The Morgan fingerprint density at radius 1 is 1.18 bits per heavy atom. The molecule has 1 saturated carbocycles. The fraction of sp³-hybridized carbons (Fsp3) is 0.900. The van der Waals surface area contributed by atoms with Crippen molar-refractivity contribution in [1.82, 2.24) is 0 Å². The minimum absolute atomic E-state index is 0.539. The molecule has 0 spiro atoms. The third-order valence-electron chi connectivity index (χ3n) is 2.26. The average molecular weight is 155 g/mol. The first-order valence-electron chi connectivity index (χ1n) is 4.90. The van der Waals surface area contributed by atoms with Crippen LogP contribution in [0.15, 0.2) is 0 Å². The Balaban J connectivity index is 2.09. The number of ether oxygens (including phenoxy) is 1. The standard InChI is InChI=1S/C10H19O/c1-2-9-11-10-7-5-3-4-6-8-10/h9-10H,2-8H2,1H3. The first kappa shape index (κ1) is 9.05. The molecule has 0 amide bonds. The summed E-state index contributed by atoms with van der Waals surface area (Å²) in [5, 5.41) is 0. The van der Waals surface area contributed by atoms with Crippen LogP contribution in [0.5, 0.6) is 0 Å². The molecule has 0 atom stereocenters. The molecular formula is C10H19O. The summed E-state index contributed by atoms with van der Waals surface area (Å²) in [4.78, 5) is 0. The molecule has 11 heavy (non-hydrogen) atoms. The second kappa shape index (κ2) is 5.59. The predicted molar refractivity (Wildman–Crippen MR) is 47.2 cm³/mol. The summed E-state index contributed by atoms with van der Waals surface area (Å²) < 4.78 is 5.59. The lowest BCUT2D eigenvalue weighted by molar-refractivity contribution is 0.0894. The van der Waals surface area contributed by atoms with Gasteiger partial charge < -0.3 is 4.74 Å². The van der Waals surface area contributed by atoms with Crippen molar-refractivity contribution in [3.63, 3.8) is 0 Å². The van der Waals surface area contributed by atoms with Crippen molar-refractivity contribution in [3.05, 3.63) is 6.61 Å². The van der Waals surface area contributed by atoms with E-state index < -0.39 is 0 Å². The summed E-state index contributed by atoms with van der Waals surface area (Å²) in [6, 6.07) is 0. The zero-order chi connectivity index (χ0) is 7.94. The Morgan fingerprint density at radius 3 is 2.36 bits per heavy atom. The third kappa shape index (κ3) is 3.76. The predicted octanol–water partition coefficient (Wildman–Crippen LogP) is 3.30. The van der Waals surface area contributed by atoms with Gasteiger partial charge in [0.05, 0.1) is 12.7 Å². The molecule has 0 aromatic heterocycles. The van der Waals surface area contributed by atoms with Gasteiger partial charge in [-0.05, 0) is 19.3 Å².